The number of ether oxygens (including phenoxy) is 1. The van der Waals surface area contributed by atoms with Gasteiger partial charge >= 0.3 is 5.97 Å². The van der Waals surface area contributed by atoms with Crippen LogP contribution in [0.5, 0.6) is 5.75 Å². The van der Waals surface area contributed by atoms with E-state index >= 15 is 0 Å². The predicted octanol–water partition coefficient (Wildman–Crippen LogP) is 6.10. The second-order valence-corrected chi connectivity index (χ2v) is 8.42. The molecule has 0 bridgehead atoms. The highest BCUT2D eigenvalue weighted by atomic mass is 16.5. The minimum atomic E-state index is -0.401. The molecule has 140 valence electrons. The van der Waals surface area contributed by atoms with Gasteiger partial charge in [0.25, 0.3) is 0 Å². The molecule has 1 N–H and O–H groups in total. The summed E-state index contributed by atoms with van der Waals surface area (Å²) in [6.45, 7) is 9.11. The number of rotatable bonds is 7. The molecule has 0 aromatic heterocycles. The molecule has 1 fully saturated rings. The van der Waals surface area contributed by atoms with Gasteiger partial charge in [0.05, 0.1) is 0 Å². The Hall–Kier alpha value is -1.51. The maximum absolute atomic E-state index is 12.7. The molecule has 2 atom stereocenters. The highest BCUT2D eigenvalue weighted by Gasteiger charge is 2.49. The van der Waals surface area contributed by atoms with Crippen molar-refractivity contribution in [1.82, 2.24) is 0 Å². The number of benzene rings is 1. The predicted molar refractivity (Wildman–Crippen MR) is 102 cm³/mol. The molecule has 25 heavy (non-hydrogen) atoms. The van der Waals surface area contributed by atoms with Gasteiger partial charge in [-0.2, -0.15) is 0 Å². The highest BCUT2D eigenvalue weighted by Crippen LogP contribution is 2.54. The number of phenols is 1. The molecule has 2 rings (SSSR count). The van der Waals surface area contributed by atoms with E-state index in [1.54, 1.807) is 18.2 Å². The molecule has 0 amide bonds. The summed E-state index contributed by atoms with van der Waals surface area (Å²) in [5.41, 5.74) is 0.375. The second kappa shape index (κ2) is 8.25. The molecule has 1 aliphatic rings. The molecule has 3 nitrogen and oxygen atoms in total. The van der Waals surface area contributed by atoms with E-state index in [0.717, 1.165) is 32.1 Å². The Morgan fingerprint density at radius 2 is 1.84 bits per heavy atom. The van der Waals surface area contributed by atoms with Crippen LogP contribution in [0.2, 0.25) is 0 Å². The van der Waals surface area contributed by atoms with E-state index in [9.17, 15) is 9.90 Å². The van der Waals surface area contributed by atoms with Gasteiger partial charge in [0.1, 0.15) is 17.4 Å². The Morgan fingerprint density at radius 3 is 2.48 bits per heavy atom. The van der Waals surface area contributed by atoms with E-state index in [1.807, 2.05) is 0 Å². The number of unbranched alkanes of at least 4 members (excludes halogenated alkanes) is 2. The van der Waals surface area contributed by atoms with Crippen LogP contribution in [0.3, 0.4) is 0 Å². The monoisotopic (exact) mass is 346 g/mol. The smallest absolute Gasteiger partial charge is 0.342 e. The first-order valence-electron chi connectivity index (χ1n) is 9.81. The van der Waals surface area contributed by atoms with Crippen molar-refractivity contribution >= 4 is 5.97 Å². The Balaban J connectivity index is 2.23. The van der Waals surface area contributed by atoms with Crippen molar-refractivity contribution in [2.24, 2.45) is 10.8 Å². The summed E-state index contributed by atoms with van der Waals surface area (Å²) in [5, 5.41) is 9.98. The lowest BCUT2D eigenvalue weighted by atomic mass is 9.55. The lowest BCUT2D eigenvalue weighted by Crippen LogP contribution is -2.48. The van der Waals surface area contributed by atoms with Gasteiger partial charge < -0.3 is 9.84 Å². The number of hydrogen-bond donors (Lipinski definition) is 1. The van der Waals surface area contributed by atoms with Gasteiger partial charge in [0.15, 0.2) is 0 Å². The first-order valence-corrected chi connectivity index (χ1v) is 9.81. The Bertz CT molecular complexity index is 578. The van der Waals surface area contributed by atoms with Crippen molar-refractivity contribution in [3.8, 4) is 5.75 Å². The van der Waals surface area contributed by atoms with Gasteiger partial charge in [-0.25, -0.2) is 4.79 Å². The van der Waals surface area contributed by atoms with Crippen molar-refractivity contribution in [1.29, 1.82) is 0 Å². The first-order chi connectivity index (χ1) is 11.8. The van der Waals surface area contributed by atoms with Crippen molar-refractivity contribution in [3.05, 3.63) is 29.8 Å². The van der Waals surface area contributed by atoms with E-state index < -0.39 is 5.97 Å². The SMILES string of the molecule is CCCCCC(OC(=O)c1ccccc1O)C1(C)CCCCC1(C)C. The molecule has 0 aliphatic heterocycles. The maximum Gasteiger partial charge on any atom is 0.342 e. The minimum absolute atomic E-state index is 0.00661. The average Bonchev–Trinajstić information content (AvgIpc) is 2.57. The van der Waals surface area contributed by atoms with E-state index in [1.165, 1.54) is 25.3 Å². The number of hydrogen-bond acceptors (Lipinski definition) is 3. The number of phenolic OH excluding ortho intramolecular Hbond substituents is 1. The van der Waals surface area contributed by atoms with E-state index in [2.05, 4.69) is 27.7 Å². The maximum atomic E-state index is 12.7. The van der Waals surface area contributed by atoms with Crippen LogP contribution in [0, 0.1) is 10.8 Å². The third-order valence-electron chi connectivity index (χ3n) is 6.45. The topological polar surface area (TPSA) is 46.5 Å². The van der Waals surface area contributed by atoms with E-state index in [-0.39, 0.29) is 28.2 Å². The molecule has 2 unspecified atom stereocenters. The van der Waals surface area contributed by atoms with Crippen LogP contribution < -0.4 is 0 Å². The standard InChI is InChI=1S/C22H34O3/c1-5-6-7-14-19(22(4)16-11-10-15-21(22,2)3)25-20(24)17-12-8-9-13-18(17)23/h8-9,12-13,19,23H,5-7,10-11,14-16H2,1-4H3. The zero-order valence-corrected chi connectivity index (χ0v) is 16.3. The van der Waals surface area contributed by atoms with Crippen molar-refractivity contribution in [2.75, 3.05) is 0 Å². The molecule has 0 spiro atoms. The first kappa shape index (κ1) is 19.8. The van der Waals surface area contributed by atoms with Crippen molar-refractivity contribution in [2.45, 2.75) is 85.2 Å². The summed E-state index contributed by atoms with van der Waals surface area (Å²) in [6.07, 6.45) is 8.86. The van der Waals surface area contributed by atoms with Crippen LogP contribution in [0.25, 0.3) is 0 Å². The molecule has 3 heteroatoms. The lowest BCUT2D eigenvalue weighted by Gasteiger charge is -2.52. The molecular formula is C22H34O3. The average molecular weight is 347 g/mol. The van der Waals surface area contributed by atoms with E-state index in [0.29, 0.717) is 0 Å². The third-order valence-corrected chi connectivity index (χ3v) is 6.45. The fourth-order valence-corrected chi connectivity index (χ4v) is 4.21. The summed E-state index contributed by atoms with van der Waals surface area (Å²) in [7, 11) is 0. The van der Waals surface area contributed by atoms with Crippen LogP contribution in [0.1, 0.15) is 89.4 Å². The molecule has 0 heterocycles. The van der Waals surface area contributed by atoms with Crippen LogP contribution in [-0.2, 0) is 4.74 Å². The van der Waals surface area contributed by atoms with Gasteiger partial charge in [-0.15, -0.1) is 0 Å². The minimum Gasteiger partial charge on any atom is -0.507 e. The van der Waals surface area contributed by atoms with Gasteiger partial charge in [-0.05, 0) is 43.2 Å². The molecule has 1 saturated carbocycles. The molecule has 0 saturated heterocycles. The Labute approximate surface area is 152 Å². The molecule has 1 aromatic rings. The third kappa shape index (κ3) is 4.37. The number of para-hydroxylation sites is 1. The molecule has 1 aromatic carbocycles. The Kier molecular flexibility index (Phi) is 6.53. The molecular weight excluding hydrogens is 312 g/mol. The summed E-state index contributed by atoms with van der Waals surface area (Å²) in [4.78, 5) is 12.7. The number of carbonyl (C=O) groups is 1. The van der Waals surface area contributed by atoms with Crippen LogP contribution in [-0.4, -0.2) is 17.2 Å². The fraction of sp³-hybridized carbons (Fsp3) is 0.682. The lowest BCUT2D eigenvalue weighted by molar-refractivity contribution is -0.0919. The quantitative estimate of drug-likeness (QED) is 0.479. The number of carbonyl (C=O) groups excluding carboxylic acids is 1. The summed E-state index contributed by atoms with van der Waals surface area (Å²) < 4.78 is 6.04. The van der Waals surface area contributed by atoms with Crippen LogP contribution in [0.4, 0.5) is 0 Å². The zero-order chi connectivity index (χ0) is 18.5. The highest BCUT2D eigenvalue weighted by molar-refractivity contribution is 5.92. The van der Waals surface area contributed by atoms with Crippen molar-refractivity contribution < 1.29 is 14.6 Å². The van der Waals surface area contributed by atoms with Crippen molar-refractivity contribution in [3.63, 3.8) is 0 Å². The number of aromatic hydroxyl groups is 1. The van der Waals surface area contributed by atoms with Gasteiger partial charge in [0, 0.05) is 5.41 Å². The summed E-state index contributed by atoms with van der Waals surface area (Å²) >= 11 is 0. The van der Waals surface area contributed by atoms with Crippen LogP contribution in [0.15, 0.2) is 24.3 Å². The number of esters is 1. The summed E-state index contributed by atoms with van der Waals surface area (Å²) in [5.74, 6) is -0.407. The zero-order valence-electron chi connectivity index (χ0n) is 16.3. The largest absolute Gasteiger partial charge is 0.507 e. The van der Waals surface area contributed by atoms with Crippen LogP contribution >= 0.6 is 0 Å². The Morgan fingerprint density at radius 1 is 1.16 bits per heavy atom. The fourth-order valence-electron chi connectivity index (χ4n) is 4.21. The van der Waals surface area contributed by atoms with Gasteiger partial charge in [-0.1, -0.05) is 65.5 Å². The van der Waals surface area contributed by atoms with Gasteiger partial charge in [-0.3, -0.25) is 0 Å². The molecule has 0 radical (unpaired) electrons. The van der Waals surface area contributed by atoms with Gasteiger partial charge in [0.2, 0.25) is 0 Å². The normalized spacial score (nSPS) is 23.8. The molecule has 1 aliphatic carbocycles. The van der Waals surface area contributed by atoms with E-state index in [4.69, 9.17) is 4.74 Å². The summed E-state index contributed by atoms with van der Waals surface area (Å²) in [6, 6.07) is 6.65. The second-order valence-electron chi connectivity index (χ2n) is 8.42.